The number of hydrogen-bond donors (Lipinski definition) is 3. The fourth-order valence-electron chi connectivity index (χ4n) is 3.56. The van der Waals surface area contributed by atoms with Crippen molar-refractivity contribution in [2.45, 2.75) is 31.5 Å². The highest BCUT2D eigenvalue weighted by molar-refractivity contribution is 5.21. The summed E-state index contributed by atoms with van der Waals surface area (Å²) in [5.74, 6) is 0.529. The van der Waals surface area contributed by atoms with Gasteiger partial charge >= 0.3 is 0 Å². The molecule has 2 aliphatic heterocycles. The molecule has 0 bridgehead atoms. The molecule has 0 radical (unpaired) electrons. The minimum absolute atomic E-state index is 0.270. The van der Waals surface area contributed by atoms with Crippen LogP contribution in [-0.4, -0.2) is 22.6 Å². The molecule has 0 spiro atoms. The van der Waals surface area contributed by atoms with Crippen LogP contribution >= 0.6 is 0 Å². The van der Waals surface area contributed by atoms with Crippen LogP contribution in [0, 0.1) is 12.8 Å². The van der Waals surface area contributed by atoms with E-state index in [0.29, 0.717) is 18.0 Å². The lowest BCUT2D eigenvalue weighted by molar-refractivity contribution is 0.265. The third kappa shape index (κ3) is 2.52. The Morgan fingerprint density at radius 2 is 2.09 bits per heavy atom. The van der Waals surface area contributed by atoms with Crippen molar-refractivity contribution in [1.29, 1.82) is 0 Å². The molecule has 2 aromatic heterocycles. The van der Waals surface area contributed by atoms with E-state index in [-0.39, 0.29) is 6.04 Å². The highest BCUT2D eigenvalue weighted by atomic mass is 15.4. The largest absolute Gasteiger partial charge is 0.308 e. The fourth-order valence-corrected chi connectivity index (χ4v) is 3.56. The Morgan fingerprint density at radius 3 is 2.86 bits per heavy atom. The third-order valence-corrected chi connectivity index (χ3v) is 4.80. The number of nitrogens with one attached hydrogen (secondary N) is 3. The number of nitrogens with zero attached hydrogens (tertiary/aromatic N) is 2. The van der Waals surface area contributed by atoms with Crippen molar-refractivity contribution in [2.75, 3.05) is 6.54 Å². The summed E-state index contributed by atoms with van der Waals surface area (Å²) in [7, 11) is 0. The van der Waals surface area contributed by atoms with Gasteiger partial charge in [0.2, 0.25) is 0 Å². The smallest absolute Gasteiger partial charge is 0.0679 e. The molecule has 2 fully saturated rings. The summed E-state index contributed by atoms with van der Waals surface area (Å²) in [6.45, 7) is 3.03. The van der Waals surface area contributed by atoms with E-state index in [0.717, 1.165) is 18.7 Å². The molecular weight excluding hydrogens is 274 g/mol. The summed E-state index contributed by atoms with van der Waals surface area (Å²) in [5, 5.41) is 3.63. The van der Waals surface area contributed by atoms with Gasteiger partial charge in [0.05, 0.1) is 11.7 Å². The van der Waals surface area contributed by atoms with Gasteiger partial charge < -0.3 is 5.32 Å². The molecule has 0 aliphatic carbocycles. The van der Waals surface area contributed by atoms with Gasteiger partial charge in [-0.15, -0.1) is 0 Å². The predicted octanol–water partition coefficient (Wildman–Crippen LogP) is 1.65. The van der Waals surface area contributed by atoms with E-state index in [9.17, 15) is 0 Å². The number of hydrazine groups is 1. The van der Waals surface area contributed by atoms with E-state index in [1.165, 1.54) is 11.1 Å². The lowest BCUT2D eigenvalue weighted by Crippen LogP contribution is -2.46. The molecule has 22 heavy (non-hydrogen) atoms. The number of pyridine rings is 2. The maximum absolute atomic E-state index is 4.61. The molecule has 0 saturated carbocycles. The zero-order valence-electron chi connectivity index (χ0n) is 12.7. The monoisotopic (exact) mass is 295 g/mol. The van der Waals surface area contributed by atoms with Crippen molar-refractivity contribution >= 4 is 0 Å². The van der Waals surface area contributed by atoms with Gasteiger partial charge in [0.25, 0.3) is 0 Å². The van der Waals surface area contributed by atoms with E-state index in [2.05, 4.69) is 51.3 Å². The average Bonchev–Trinajstić information content (AvgIpc) is 2.99. The number of piperidine rings is 1. The first kappa shape index (κ1) is 13.8. The Balaban J connectivity index is 1.56. The first-order valence-electron chi connectivity index (χ1n) is 7.88. The maximum Gasteiger partial charge on any atom is 0.0679 e. The summed E-state index contributed by atoms with van der Waals surface area (Å²) in [6, 6.07) is 9.51. The zero-order valence-corrected chi connectivity index (χ0v) is 12.7. The predicted molar refractivity (Wildman–Crippen MR) is 84.9 cm³/mol. The van der Waals surface area contributed by atoms with Gasteiger partial charge in [-0.05, 0) is 36.6 Å². The minimum Gasteiger partial charge on any atom is -0.308 e. The van der Waals surface area contributed by atoms with Crippen LogP contribution < -0.4 is 16.2 Å². The van der Waals surface area contributed by atoms with Crippen molar-refractivity contribution in [3.63, 3.8) is 0 Å². The van der Waals surface area contributed by atoms with Crippen LogP contribution in [0.1, 0.15) is 35.3 Å². The molecule has 4 rings (SSSR count). The van der Waals surface area contributed by atoms with E-state index in [1.54, 1.807) is 0 Å². The summed E-state index contributed by atoms with van der Waals surface area (Å²) in [6.07, 6.45) is 6.82. The Morgan fingerprint density at radius 1 is 1.14 bits per heavy atom. The van der Waals surface area contributed by atoms with Gasteiger partial charge in [0.15, 0.2) is 0 Å². The van der Waals surface area contributed by atoms with Gasteiger partial charge in [-0.2, -0.15) is 0 Å². The van der Waals surface area contributed by atoms with Crippen LogP contribution in [0.3, 0.4) is 0 Å². The molecular formula is C17H21N5. The standard InChI is InChI=1S/C17H21N5/c1-11-4-5-14(19-8-11)17-13-7-15(12-3-2-6-18-9-12)20-10-16(13)21-22-17/h2-6,8-9,13,15-17,20-22H,7,10H2,1H3. The van der Waals surface area contributed by atoms with E-state index >= 15 is 0 Å². The van der Waals surface area contributed by atoms with Crippen molar-refractivity contribution in [2.24, 2.45) is 5.92 Å². The van der Waals surface area contributed by atoms with Crippen molar-refractivity contribution < 1.29 is 0 Å². The van der Waals surface area contributed by atoms with E-state index in [4.69, 9.17) is 0 Å². The van der Waals surface area contributed by atoms with Gasteiger partial charge in [-0.25, -0.2) is 5.43 Å². The Kier molecular flexibility index (Phi) is 3.62. The highest BCUT2D eigenvalue weighted by Gasteiger charge is 2.41. The number of hydrogen-bond acceptors (Lipinski definition) is 5. The van der Waals surface area contributed by atoms with Crippen molar-refractivity contribution in [3.05, 3.63) is 59.7 Å². The third-order valence-electron chi connectivity index (χ3n) is 4.80. The zero-order chi connectivity index (χ0) is 14.9. The normalized spacial score (nSPS) is 31.0. The molecule has 0 aromatic carbocycles. The van der Waals surface area contributed by atoms with Crippen molar-refractivity contribution in [3.8, 4) is 0 Å². The molecule has 4 atom stereocenters. The lowest BCUT2D eigenvalue weighted by atomic mass is 9.81. The molecule has 4 unspecified atom stereocenters. The summed E-state index contributed by atoms with van der Waals surface area (Å²) in [4.78, 5) is 8.86. The van der Waals surface area contributed by atoms with Crippen LogP contribution in [0.4, 0.5) is 0 Å². The molecule has 5 nitrogen and oxygen atoms in total. The topological polar surface area (TPSA) is 61.9 Å². The molecule has 2 aliphatic rings. The van der Waals surface area contributed by atoms with Gasteiger partial charge in [-0.1, -0.05) is 12.1 Å². The van der Waals surface area contributed by atoms with E-state index in [1.807, 2.05) is 24.7 Å². The first-order valence-corrected chi connectivity index (χ1v) is 7.88. The number of fused-ring (bicyclic) bond motifs is 1. The van der Waals surface area contributed by atoms with Gasteiger partial charge in [0.1, 0.15) is 0 Å². The number of aromatic nitrogens is 2. The Labute approximate surface area is 130 Å². The summed E-state index contributed by atoms with van der Waals surface area (Å²) >= 11 is 0. The lowest BCUT2D eigenvalue weighted by Gasteiger charge is -2.34. The first-order chi connectivity index (χ1) is 10.8. The van der Waals surface area contributed by atoms with Crippen LogP contribution in [-0.2, 0) is 0 Å². The minimum atomic E-state index is 0.270. The Bertz CT molecular complexity index is 627. The number of rotatable bonds is 2. The number of aryl methyl sites for hydroxylation is 1. The van der Waals surface area contributed by atoms with Gasteiger partial charge in [-0.3, -0.25) is 15.4 Å². The SMILES string of the molecule is Cc1ccc(C2NNC3CNC(c4cccnc4)CC32)nc1. The summed E-state index contributed by atoms with van der Waals surface area (Å²) < 4.78 is 0. The van der Waals surface area contributed by atoms with Crippen LogP contribution in [0.5, 0.6) is 0 Å². The quantitative estimate of drug-likeness (QED) is 0.786. The fraction of sp³-hybridized carbons (Fsp3) is 0.412. The second-order valence-electron chi connectivity index (χ2n) is 6.28. The summed E-state index contributed by atoms with van der Waals surface area (Å²) in [5.41, 5.74) is 10.5. The second kappa shape index (κ2) is 5.76. The molecule has 5 heteroatoms. The van der Waals surface area contributed by atoms with E-state index < -0.39 is 0 Å². The Hall–Kier alpha value is -1.82. The molecule has 3 N–H and O–H groups in total. The highest BCUT2D eigenvalue weighted by Crippen LogP contribution is 2.37. The second-order valence-corrected chi connectivity index (χ2v) is 6.28. The van der Waals surface area contributed by atoms with Gasteiger partial charge in [0, 0.05) is 43.1 Å². The molecule has 4 heterocycles. The molecule has 2 saturated heterocycles. The maximum atomic E-state index is 4.61. The molecule has 114 valence electrons. The molecule has 2 aromatic rings. The van der Waals surface area contributed by atoms with Crippen LogP contribution in [0.15, 0.2) is 42.9 Å². The molecule has 0 amide bonds. The van der Waals surface area contributed by atoms with Crippen molar-refractivity contribution in [1.82, 2.24) is 26.1 Å². The van der Waals surface area contributed by atoms with Crippen LogP contribution in [0.25, 0.3) is 0 Å². The average molecular weight is 295 g/mol. The van der Waals surface area contributed by atoms with Crippen LogP contribution in [0.2, 0.25) is 0 Å².